The van der Waals surface area contributed by atoms with Crippen LogP contribution < -0.4 is 16.1 Å². The van der Waals surface area contributed by atoms with Crippen LogP contribution in [0.4, 0.5) is 23.0 Å². The van der Waals surface area contributed by atoms with E-state index in [4.69, 9.17) is 28.0 Å². The van der Waals surface area contributed by atoms with Crippen LogP contribution >= 0.6 is 23.2 Å². The zero-order valence-electron chi connectivity index (χ0n) is 17.0. The standard InChI is InChI=1S/C20H22Cl2N6O2/c1-11(2)28-19(7-12(3)26-28)25-18-9-17(15(22)10-23-18)24-16-6-5-13(21)8-14(16)20(29)27-30-4/h5-11H,1-4H3,(H,27,29)(H2,23,24,25). The summed E-state index contributed by atoms with van der Waals surface area (Å²) in [5, 5.41) is 11.7. The van der Waals surface area contributed by atoms with Gasteiger partial charge in [-0.3, -0.25) is 9.63 Å². The van der Waals surface area contributed by atoms with Gasteiger partial charge in [0.2, 0.25) is 0 Å². The van der Waals surface area contributed by atoms with Gasteiger partial charge >= 0.3 is 0 Å². The number of carbonyl (C=O) groups excluding carboxylic acids is 1. The lowest BCUT2D eigenvalue weighted by Gasteiger charge is -2.15. The summed E-state index contributed by atoms with van der Waals surface area (Å²) in [7, 11) is 1.36. The number of hydrogen-bond donors (Lipinski definition) is 3. The maximum atomic E-state index is 12.3. The Kier molecular flexibility index (Phi) is 6.81. The van der Waals surface area contributed by atoms with Crippen molar-refractivity contribution in [2.24, 2.45) is 0 Å². The lowest BCUT2D eigenvalue weighted by atomic mass is 10.1. The SMILES string of the molecule is CONC(=O)c1cc(Cl)ccc1Nc1cc(Nc2cc(C)nn2C(C)C)ncc1Cl. The van der Waals surface area contributed by atoms with Crippen LogP contribution in [0.3, 0.4) is 0 Å². The first-order valence-electron chi connectivity index (χ1n) is 9.17. The van der Waals surface area contributed by atoms with Crippen molar-refractivity contribution in [3.05, 3.63) is 57.8 Å². The molecule has 158 valence electrons. The molecule has 0 aliphatic carbocycles. The first kappa shape index (κ1) is 21.9. The lowest BCUT2D eigenvalue weighted by molar-refractivity contribution is 0.0538. The number of pyridine rings is 1. The highest BCUT2D eigenvalue weighted by Gasteiger charge is 2.15. The molecule has 10 heteroatoms. The van der Waals surface area contributed by atoms with Crippen molar-refractivity contribution < 1.29 is 9.63 Å². The van der Waals surface area contributed by atoms with E-state index >= 15 is 0 Å². The predicted molar refractivity (Wildman–Crippen MR) is 119 cm³/mol. The predicted octanol–water partition coefficient (Wildman–Crippen LogP) is 5.25. The highest BCUT2D eigenvalue weighted by atomic mass is 35.5. The third-order valence-corrected chi connectivity index (χ3v) is 4.69. The topological polar surface area (TPSA) is 93.1 Å². The largest absolute Gasteiger partial charge is 0.353 e. The Morgan fingerprint density at radius 1 is 1.13 bits per heavy atom. The molecule has 0 fully saturated rings. The third-order valence-electron chi connectivity index (χ3n) is 4.15. The van der Waals surface area contributed by atoms with Crippen molar-refractivity contribution in [2.45, 2.75) is 26.8 Å². The number of amides is 1. The van der Waals surface area contributed by atoms with Crippen LogP contribution in [0.15, 0.2) is 36.5 Å². The van der Waals surface area contributed by atoms with Crippen molar-refractivity contribution in [2.75, 3.05) is 17.7 Å². The van der Waals surface area contributed by atoms with Crippen LogP contribution in [0.5, 0.6) is 0 Å². The summed E-state index contributed by atoms with van der Waals surface area (Å²) < 4.78 is 1.88. The Morgan fingerprint density at radius 2 is 1.90 bits per heavy atom. The minimum Gasteiger partial charge on any atom is -0.353 e. The number of nitrogens with one attached hydrogen (secondary N) is 3. The van der Waals surface area contributed by atoms with Crippen LogP contribution in [-0.2, 0) is 4.84 Å². The van der Waals surface area contributed by atoms with Gasteiger partial charge in [0.25, 0.3) is 5.91 Å². The normalized spacial score (nSPS) is 10.9. The lowest BCUT2D eigenvalue weighted by Crippen LogP contribution is -2.22. The molecule has 0 unspecified atom stereocenters. The van der Waals surface area contributed by atoms with Gasteiger partial charge in [0, 0.05) is 23.2 Å². The van der Waals surface area contributed by atoms with Gasteiger partial charge in [-0.05, 0) is 39.0 Å². The number of carbonyl (C=O) groups is 1. The first-order valence-corrected chi connectivity index (χ1v) is 9.92. The zero-order valence-corrected chi connectivity index (χ0v) is 18.5. The fourth-order valence-electron chi connectivity index (χ4n) is 2.84. The van der Waals surface area contributed by atoms with E-state index in [1.165, 1.54) is 19.4 Å². The van der Waals surface area contributed by atoms with Crippen LogP contribution in [0.25, 0.3) is 0 Å². The van der Waals surface area contributed by atoms with Crippen LogP contribution in [-0.4, -0.2) is 27.8 Å². The highest BCUT2D eigenvalue weighted by molar-refractivity contribution is 6.33. The summed E-state index contributed by atoms with van der Waals surface area (Å²) in [5.74, 6) is 0.942. The summed E-state index contributed by atoms with van der Waals surface area (Å²) in [6.45, 7) is 6.03. The van der Waals surface area contributed by atoms with Gasteiger partial charge in [-0.2, -0.15) is 5.10 Å². The van der Waals surface area contributed by atoms with Crippen molar-refractivity contribution in [3.63, 3.8) is 0 Å². The minimum absolute atomic E-state index is 0.182. The number of hydroxylamine groups is 1. The van der Waals surface area contributed by atoms with Crippen LogP contribution in [0.2, 0.25) is 10.0 Å². The summed E-state index contributed by atoms with van der Waals surface area (Å²) in [4.78, 5) is 21.4. The second-order valence-electron chi connectivity index (χ2n) is 6.83. The Balaban J connectivity index is 1.91. The first-order chi connectivity index (χ1) is 14.3. The van der Waals surface area contributed by atoms with E-state index < -0.39 is 5.91 Å². The van der Waals surface area contributed by atoms with Crippen molar-refractivity contribution in [1.82, 2.24) is 20.2 Å². The maximum Gasteiger partial charge on any atom is 0.276 e. The van der Waals surface area contributed by atoms with Crippen molar-refractivity contribution >= 4 is 52.1 Å². The molecule has 0 aliphatic heterocycles. The molecule has 30 heavy (non-hydrogen) atoms. The van der Waals surface area contributed by atoms with E-state index in [1.807, 2.05) is 31.5 Å². The van der Waals surface area contributed by atoms with Gasteiger partial charge < -0.3 is 10.6 Å². The van der Waals surface area contributed by atoms with Gasteiger partial charge in [0.05, 0.1) is 41.0 Å². The fraction of sp³-hybridized carbons (Fsp3) is 0.250. The molecule has 0 atom stereocenters. The summed E-state index contributed by atoms with van der Waals surface area (Å²) >= 11 is 12.4. The van der Waals surface area contributed by atoms with Gasteiger partial charge in [0.1, 0.15) is 11.6 Å². The Bertz CT molecular complexity index is 1070. The van der Waals surface area contributed by atoms with E-state index in [9.17, 15) is 4.79 Å². The molecular formula is C20H22Cl2N6O2. The maximum absolute atomic E-state index is 12.3. The van der Waals surface area contributed by atoms with E-state index in [1.54, 1.807) is 18.2 Å². The molecule has 0 saturated heterocycles. The van der Waals surface area contributed by atoms with Gasteiger partial charge in [-0.15, -0.1) is 0 Å². The number of aryl methyl sites for hydroxylation is 1. The van der Waals surface area contributed by atoms with Crippen molar-refractivity contribution in [1.29, 1.82) is 0 Å². The Labute approximate surface area is 184 Å². The molecule has 3 rings (SSSR count). The number of benzene rings is 1. The van der Waals surface area contributed by atoms with Crippen LogP contribution in [0, 0.1) is 6.92 Å². The quantitative estimate of drug-likeness (QED) is 0.427. The molecule has 3 N–H and O–H groups in total. The van der Waals surface area contributed by atoms with E-state index in [2.05, 4.69) is 26.2 Å². The monoisotopic (exact) mass is 448 g/mol. The van der Waals surface area contributed by atoms with Crippen molar-refractivity contribution in [3.8, 4) is 0 Å². The number of hydrogen-bond acceptors (Lipinski definition) is 6. The number of halogens is 2. The fourth-order valence-corrected chi connectivity index (χ4v) is 3.17. The third kappa shape index (κ3) is 5.02. The van der Waals surface area contributed by atoms with E-state index in [-0.39, 0.29) is 6.04 Å². The average Bonchev–Trinajstić information content (AvgIpc) is 3.06. The second kappa shape index (κ2) is 9.34. The van der Waals surface area contributed by atoms with Gasteiger partial charge in [-0.25, -0.2) is 15.1 Å². The number of aromatic nitrogens is 3. The number of nitrogens with zero attached hydrogens (tertiary/aromatic N) is 3. The molecule has 1 amide bonds. The molecule has 0 aliphatic rings. The molecule has 2 heterocycles. The Morgan fingerprint density at radius 3 is 2.60 bits per heavy atom. The Hall–Kier alpha value is -2.81. The molecule has 0 radical (unpaired) electrons. The molecule has 0 bridgehead atoms. The molecule has 0 spiro atoms. The minimum atomic E-state index is -0.442. The zero-order chi connectivity index (χ0) is 21.8. The molecule has 1 aromatic carbocycles. The van der Waals surface area contributed by atoms with Crippen LogP contribution in [0.1, 0.15) is 35.9 Å². The van der Waals surface area contributed by atoms with Gasteiger partial charge in [0.15, 0.2) is 0 Å². The van der Waals surface area contributed by atoms with Gasteiger partial charge in [-0.1, -0.05) is 23.2 Å². The van der Waals surface area contributed by atoms with E-state index in [0.717, 1.165) is 11.5 Å². The smallest absolute Gasteiger partial charge is 0.276 e. The summed E-state index contributed by atoms with van der Waals surface area (Å²) in [6.07, 6.45) is 1.53. The molecule has 8 nitrogen and oxygen atoms in total. The molecule has 0 saturated carbocycles. The number of rotatable bonds is 7. The molecule has 3 aromatic rings. The molecular weight excluding hydrogens is 427 g/mol. The average molecular weight is 449 g/mol. The number of anilines is 4. The second-order valence-corrected chi connectivity index (χ2v) is 7.68. The summed E-state index contributed by atoms with van der Waals surface area (Å²) in [6, 6.07) is 8.77. The van der Waals surface area contributed by atoms with E-state index in [0.29, 0.717) is 32.8 Å². The highest BCUT2D eigenvalue weighted by Crippen LogP contribution is 2.31. The molecule has 2 aromatic heterocycles. The summed E-state index contributed by atoms with van der Waals surface area (Å²) in [5.41, 5.74) is 4.57.